The molecule has 2 fully saturated rings. The van der Waals surface area contributed by atoms with Gasteiger partial charge in [-0.25, -0.2) is 4.79 Å². The van der Waals surface area contributed by atoms with E-state index in [1.807, 2.05) is 25.7 Å². The predicted molar refractivity (Wildman–Crippen MR) is 79.9 cm³/mol. The fourth-order valence-electron chi connectivity index (χ4n) is 2.71. The molecule has 0 aromatic carbocycles. The average molecular weight is 300 g/mol. The highest BCUT2D eigenvalue weighted by atomic mass is 32.1. The lowest BCUT2D eigenvalue weighted by Crippen LogP contribution is -2.37. The summed E-state index contributed by atoms with van der Waals surface area (Å²) >= 11 is 4.36. The first-order chi connectivity index (χ1) is 9.24. The van der Waals surface area contributed by atoms with Crippen molar-refractivity contribution in [2.24, 2.45) is 5.92 Å². The standard InChI is InChI=1S/C14H24N2O3S/c1-14(2,3)19-13(18)15-5-4-10(7-15)8-16-9-11(20)6-12(16)17/h10-11,20H,4-9H2,1-3H3. The van der Waals surface area contributed by atoms with Gasteiger partial charge in [-0.2, -0.15) is 12.6 Å². The smallest absolute Gasteiger partial charge is 0.410 e. The summed E-state index contributed by atoms with van der Waals surface area (Å²) in [5.41, 5.74) is -0.459. The highest BCUT2D eigenvalue weighted by Gasteiger charge is 2.34. The van der Waals surface area contributed by atoms with Crippen molar-refractivity contribution in [1.82, 2.24) is 9.80 Å². The van der Waals surface area contributed by atoms with Gasteiger partial charge in [0.15, 0.2) is 0 Å². The van der Waals surface area contributed by atoms with Crippen molar-refractivity contribution in [2.75, 3.05) is 26.2 Å². The van der Waals surface area contributed by atoms with E-state index in [0.717, 1.165) is 19.5 Å². The quantitative estimate of drug-likeness (QED) is 0.791. The van der Waals surface area contributed by atoms with Gasteiger partial charge >= 0.3 is 6.09 Å². The summed E-state index contributed by atoms with van der Waals surface area (Å²) in [6.07, 6.45) is 1.21. The number of carbonyl (C=O) groups excluding carboxylic acids is 2. The van der Waals surface area contributed by atoms with Crippen molar-refractivity contribution in [1.29, 1.82) is 0 Å². The Bertz CT molecular complexity index is 394. The summed E-state index contributed by atoms with van der Waals surface area (Å²) in [5, 5.41) is 0.158. The van der Waals surface area contributed by atoms with Crippen LogP contribution in [0.2, 0.25) is 0 Å². The summed E-state index contributed by atoms with van der Waals surface area (Å²) in [5.74, 6) is 0.533. The molecule has 0 aliphatic carbocycles. The molecule has 0 saturated carbocycles. The van der Waals surface area contributed by atoms with Crippen LogP contribution in [0.1, 0.15) is 33.6 Å². The molecule has 0 spiro atoms. The number of ether oxygens (including phenoxy) is 1. The predicted octanol–water partition coefficient (Wildman–Crippen LogP) is 1.77. The molecule has 2 heterocycles. The first-order valence-electron chi connectivity index (χ1n) is 7.18. The lowest BCUT2D eigenvalue weighted by atomic mass is 10.1. The molecule has 2 atom stereocenters. The van der Waals surface area contributed by atoms with Crippen molar-refractivity contribution in [3.63, 3.8) is 0 Å². The van der Waals surface area contributed by atoms with Crippen LogP contribution < -0.4 is 0 Å². The van der Waals surface area contributed by atoms with Crippen molar-refractivity contribution in [3.8, 4) is 0 Å². The van der Waals surface area contributed by atoms with Crippen LogP contribution in [0.5, 0.6) is 0 Å². The minimum absolute atomic E-state index is 0.158. The molecule has 2 saturated heterocycles. The normalized spacial score (nSPS) is 27.3. The van der Waals surface area contributed by atoms with Gasteiger partial charge in [0, 0.05) is 37.8 Å². The van der Waals surface area contributed by atoms with Crippen LogP contribution in [0.25, 0.3) is 0 Å². The van der Waals surface area contributed by atoms with E-state index < -0.39 is 5.60 Å². The molecule has 0 radical (unpaired) electrons. The van der Waals surface area contributed by atoms with E-state index in [4.69, 9.17) is 4.74 Å². The van der Waals surface area contributed by atoms with Gasteiger partial charge in [0.2, 0.25) is 5.91 Å². The Hall–Kier alpha value is -0.910. The highest BCUT2D eigenvalue weighted by Crippen LogP contribution is 2.23. The second-order valence-corrected chi connectivity index (χ2v) is 7.47. The van der Waals surface area contributed by atoms with Crippen LogP contribution >= 0.6 is 12.6 Å². The van der Waals surface area contributed by atoms with Crippen LogP contribution in [0.15, 0.2) is 0 Å². The lowest BCUT2D eigenvalue weighted by molar-refractivity contribution is -0.128. The topological polar surface area (TPSA) is 49.9 Å². The van der Waals surface area contributed by atoms with E-state index in [-0.39, 0.29) is 17.3 Å². The van der Waals surface area contributed by atoms with E-state index in [1.165, 1.54) is 0 Å². The Kier molecular flexibility index (Phi) is 4.52. The first kappa shape index (κ1) is 15.5. The number of hydrogen-bond donors (Lipinski definition) is 1. The third-order valence-corrected chi connectivity index (χ3v) is 3.96. The first-order valence-corrected chi connectivity index (χ1v) is 7.70. The van der Waals surface area contributed by atoms with Gasteiger partial charge in [0.05, 0.1) is 0 Å². The molecule has 0 aromatic heterocycles. The van der Waals surface area contributed by atoms with Crippen LogP contribution in [0.4, 0.5) is 4.79 Å². The Balaban J connectivity index is 1.81. The number of amides is 2. The molecule has 0 bridgehead atoms. The van der Waals surface area contributed by atoms with Gasteiger partial charge in [-0.3, -0.25) is 4.79 Å². The molecule has 2 amide bonds. The Morgan fingerprint density at radius 2 is 2.10 bits per heavy atom. The summed E-state index contributed by atoms with van der Waals surface area (Å²) in [7, 11) is 0. The summed E-state index contributed by atoms with van der Waals surface area (Å²) in [6.45, 7) is 8.46. The largest absolute Gasteiger partial charge is 0.444 e. The number of rotatable bonds is 2. The molecule has 20 heavy (non-hydrogen) atoms. The van der Waals surface area contributed by atoms with Gasteiger partial charge in [-0.05, 0) is 33.1 Å². The van der Waals surface area contributed by atoms with E-state index in [1.54, 1.807) is 4.90 Å². The highest BCUT2D eigenvalue weighted by molar-refractivity contribution is 7.81. The summed E-state index contributed by atoms with van der Waals surface area (Å²) < 4.78 is 5.37. The maximum Gasteiger partial charge on any atom is 0.410 e. The van der Waals surface area contributed by atoms with Gasteiger partial charge in [-0.15, -0.1) is 0 Å². The van der Waals surface area contributed by atoms with E-state index in [0.29, 0.717) is 25.4 Å². The van der Waals surface area contributed by atoms with Crippen molar-refractivity contribution in [2.45, 2.75) is 44.5 Å². The zero-order chi connectivity index (χ0) is 14.9. The SMILES string of the molecule is CC(C)(C)OC(=O)N1CCC(CN2CC(S)CC2=O)C1. The minimum Gasteiger partial charge on any atom is -0.444 e. The molecule has 5 nitrogen and oxygen atoms in total. The number of hydrogen-bond acceptors (Lipinski definition) is 4. The van der Waals surface area contributed by atoms with Crippen LogP contribution in [-0.2, 0) is 9.53 Å². The third kappa shape index (κ3) is 4.04. The summed E-state index contributed by atoms with van der Waals surface area (Å²) in [6, 6.07) is 0. The number of thiol groups is 1. The van der Waals surface area contributed by atoms with Crippen LogP contribution in [0.3, 0.4) is 0 Å². The molecular weight excluding hydrogens is 276 g/mol. The van der Waals surface area contributed by atoms with Gasteiger partial charge in [-0.1, -0.05) is 0 Å². The van der Waals surface area contributed by atoms with E-state index in [9.17, 15) is 9.59 Å². The van der Waals surface area contributed by atoms with Crippen molar-refractivity contribution >= 4 is 24.6 Å². The maximum atomic E-state index is 12.0. The average Bonchev–Trinajstić information content (AvgIpc) is 2.85. The van der Waals surface area contributed by atoms with Gasteiger partial charge < -0.3 is 14.5 Å². The molecule has 0 N–H and O–H groups in total. The third-order valence-electron chi connectivity index (χ3n) is 3.61. The lowest BCUT2D eigenvalue weighted by Gasteiger charge is -2.25. The second-order valence-electron chi connectivity index (χ2n) is 6.74. The molecule has 114 valence electrons. The number of likely N-dealkylation sites (tertiary alicyclic amines) is 2. The number of nitrogens with zero attached hydrogens (tertiary/aromatic N) is 2. The molecule has 2 rings (SSSR count). The van der Waals surface area contributed by atoms with Crippen LogP contribution in [-0.4, -0.2) is 58.8 Å². The summed E-state index contributed by atoms with van der Waals surface area (Å²) in [4.78, 5) is 27.3. The molecule has 2 aliphatic heterocycles. The molecule has 6 heteroatoms. The molecule has 2 aliphatic rings. The second kappa shape index (κ2) is 5.84. The fourth-order valence-corrected chi connectivity index (χ4v) is 3.07. The molecule has 0 aromatic rings. The molecule has 2 unspecified atom stereocenters. The van der Waals surface area contributed by atoms with Gasteiger partial charge in [0.25, 0.3) is 0 Å². The monoisotopic (exact) mass is 300 g/mol. The minimum atomic E-state index is -0.459. The Labute approximate surface area is 126 Å². The zero-order valence-corrected chi connectivity index (χ0v) is 13.4. The van der Waals surface area contributed by atoms with Crippen molar-refractivity contribution < 1.29 is 14.3 Å². The van der Waals surface area contributed by atoms with E-state index >= 15 is 0 Å². The maximum absolute atomic E-state index is 12.0. The Morgan fingerprint density at radius 1 is 1.40 bits per heavy atom. The Morgan fingerprint density at radius 3 is 2.65 bits per heavy atom. The van der Waals surface area contributed by atoms with Crippen LogP contribution in [0, 0.1) is 5.92 Å². The fraction of sp³-hybridized carbons (Fsp3) is 0.857. The molecular formula is C14H24N2O3S. The number of carbonyl (C=O) groups is 2. The van der Waals surface area contributed by atoms with Gasteiger partial charge in [0.1, 0.15) is 5.60 Å². The van der Waals surface area contributed by atoms with Crippen molar-refractivity contribution in [3.05, 3.63) is 0 Å². The van der Waals surface area contributed by atoms with E-state index in [2.05, 4.69) is 12.6 Å². The zero-order valence-electron chi connectivity index (χ0n) is 12.5.